The van der Waals surface area contributed by atoms with Crippen LogP contribution >= 0.6 is 0 Å². The summed E-state index contributed by atoms with van der Waals surface area (Å²) in [5.41, 5.74) is 0. The third-order valence-electron chi connectivity index (χ3n) is 3.06. The van der Waals surface area contributed by atoms with Crippen LogP contribution in [0.2, 0.25) is 0 Å². The maximum Gasteiger partial charge on any atom is 0.0469 e. The van der Waals surface area contributed by atoms with Crippen molar-refractivity contribution >= 4 is 0 Å². The molecular weight excluding hydrogens is 138 g/mol. The highest BCUT2D eigenvalue weighted by atomic mass is 16.5. The van der Waals surface area contributed by atoms with Gasteiger partial charge in [0.15, 0.2) is 0 Å². The van der Waals surface area contributed by atoms with Gasteiger partial charge in [-0.2, -0.15) is 0 Å². The molecule has 2 saturated heterocycles. The van der Waals surface area contributed by atoms with Gasteiger partial charge in [-0.1, -0.05) is 6.92 Å². The number of ether oxygens (including phenoxy) is 1. The Morgan fingerprint density at radius 2 is 2.00 bits per heavy atom. The molecule has 2 aliphatic rings. The lowest BCUT2D eigenvalue weighted by atomic mass is 9.79. The molecule has 64 valence electrons. The van der Waals surface area contributed by atoms with E-state index in [0.717, 1.165) is 31.1 Å². The van der Waals surface area contributed by atoms with Crippen molar-refractivity contribution in [2.45, 2.75) is 25.8 Å². The summed E-state index contributed by atoms with van der Waals surface area (Å²) in [6, 6.07) is 0.805. The van der Waals surface area contributed by atoms with Gasteiger partial charge in [0.2, 0.25) is 0 Å². The largest absolute Gasteiger partial charge is 0.381 e. The molecule has 0 amide bonds. The fraction of sp³-hybridized carbons (Fsp3) is 1.00. The van der Waals surface area contributed by atoms with Gasteiger partial charge in [0, 0.05) is 19.3 Å². The number of hydrogen-bond acceptors (Lipinski definition) is 2. The molecule has 2 aliphatic heterocycles. The Morgan fingerprint density at radius 1 is 1.27 bits per heavy atom. The highest BCUT2D eigenvalue weighted by Crippen LogP contribution is 2.27. The molecule has 2 heterocycles. The number of rotatable bonds is 1. The van der Waals surface area contributed by atoms with Gasteiger partial charge in [-0.05, 0) is 31.2 Å². The van der Waals surface area contributed by atoms with Crippen molar-refractivity contribution in [3.63, 3.8) is 0 Å². The third kappa shape index (κ3) is 1.42. The van der Waals surface area contributed by atoms with Crippen LogP contribution in [0.5, 0.6) is 0 Å². The Morgan fingerprint density at radius 3 is 2.45 bits per heavy atom. The van der Waals surface area contributed by atoms with E-state index in [1.54, 1.807) is 0 Å². The monoisotopic (exact) mass is 155 g/mol. The molecule has 2 atom stereocenters. The van der Waals surface area contributed by atoms with E-state index in [4.69, 9.17) is 4.74 Å². The van der Waals surface area contributed by atoms with E-state index in [9.17, 15) is 0 Å². The van der Waals surface area contributed by atoms with Crippen LogP contribution in [-0.4, -0.2) is 25.8 Å². The molecule has 2 fully saturated rings. The average Bonchev–Trinajstić information content (AvgIpc) is 2.04. The standard InChI is InChI=1S/C9H17NO/c1-7-6-10-9(7)8-2-4-11-5-3-8/h7-10H,2-6H2,1H3. The molecule has 0 aromatic rings. The molecule has 2 nitrogen and oxygen atoms in total. The fourth-order valence-electron chi connectivity index (χ4n) is 2.20. The molecule has 0 spiro atoms. The van der Waals surface area contributed by atoms with Gasteiger partial charge >= 0.3 is 0 Å². The number of nitrogens with one attached hydrogen (secondary N) is 1. The fourth-order valence-corrected chi connectivity index (χ4v) is 2.20. The molecule has 0 bridgehead atoms. The molecule has 0 radical (unpaired) electrons. The maximum absolute atomic E-state index is 5.33. The van der Waals surface area contributed by atoms with Gasteiger partial charge in [-0.25, -0.2) is 0 Å². The van der Waals surface area contributed by atoms with Crippen LogP contribution in [0.3, 0.4) is 0 Å². The molecule has 2 unspecified atom stereocenters. The van der Waals surface area contributed by atoms with Crippen LogP contribution in [0.15, 0.2) is 0 Å². The molecule has 0 aliphatic carbocycles. The van der Waals surface area contributed by atoms with Crippen molar-refractivity contribution < 1.29 is 4.74 Å². The van der Waals surface area contributed by atoms with Crippen molar-refractivity contribution in [1.82, 2.24) is 5.32 Å². The average molecular weight is 155 g/mol. The van der Waals surface area contributed by atoms with E-state index in [-0.39, 0.29) is 0 Å². The van der Waals surface area contributed by atoms with Gasteiger partial charge in [-0.3, -0.25) is 0 Å². The first-order valence-corrected chi connectivity index (χ1v) is 4.69. The van der Waals surface area contributed by atoms with E-state index < -0.39 is 0 Å². The highest BCUT2D eigenvalue weighted by Gasteiger charge is 2.33. The van der Waals surface area contributed by atoms with Crippen LogP contribution in [0.25, 0.3) is 0 Å². The molecule has 2 heteroatoms. The summed E-state index contributed by atoms with van der Waals surface area (Å²) in [5, 5.41) is 3.51. The van der Waals surface area contributed by atoms with Crippen LogP contribution in [0, 0.1) is 11.8 Å². The van der Waals surface area contributed by atoms with E-state index in [0.29, 0.717) is 0 Å². The van der Waals surface area contributed by atoms with Crippen molar-refractivity contribution in [3.05, 3.63) is 0 Å². The minimum Gasteiger partial charge on any atom is -0.381 e. The van der Waals surface area contributed by atoms with E-state index in [1.165, 1.54) is 19.4 Å². The van der Waals surface area contributed by atoms with Gasteiger partial charge in [0.25, 0.3) is 0 Å². The molecule has 0 saturated carbocycles. The SMILES string of the molecule is CC1CNC1C1CCOCC1. The lowest BCUT2D eigenvalue weighted by Gasteiger charge is -2.42. The summed E-state index contributed by atoms with van der Waals surface area (Å²) >= 11 is 0. The maximum atomic E-state index is 5.33. The van der Waals surface area contributed by atoms with Crippen LogP contribution in [0.4, 0.5) is 0 Å². The summed E-state index contributed by atoms with van der Waals surface area (Å²) in [6.45, 7) is 5.53. The van der Waals surface area contributed by atoms with E-state index in [2.05, 4.69) is 12.2 Å². The molecule has 2 rings (SSSR count). The minimum absolute atomic E-state index is 0.805. The van der Waals surface area contributed by atoms with Crippen molar-refractivity contribution in [2.24, 2.45) is 11.8 Å². The highest BCUT2D eigenvalue weighted by molar-refractivity contribution is 4.90. The quantitative estimate of drug-likeness (QED) is 0.610. The van der Waals surface area contributed by atoms with Crippen molar-refractivity contribution in [3.8, 4) is 0 Å². The summed E-state index contributed by atoms with van der Waals surface area (Å²) in [4.78, 5) is 0. The Kier molecular flexibility index (Phi) is 2.14. The van der Waals surface area contributed by atoms with Crippen LogP contribution < -0.4 is 5.32 Å². The van der Waals surface area contributed by atoms with Gasteiger partial charge < -0.3 is 10.1 Å². The molecule has 11 heavy (non-hydrogen) atoms. The predicted molar refractivity (Wildman–Crippen MR) is 44.5 cm³/mol. The smallest absolute Gasteiger partial charge is 0.0469 e. The van der Waals surface area contributed by atoms with Gasteiger partial charge in [-0.15, -0.1) is 0 Å². The summed E-state index contributed by atoms with van der Waals surface area (Å²) < 4.78 is 5.33. The van der Waals surface area contributed by atoms with Crippen LogP contribution in [0.1, 0.15) is 19.8 Å². The zero-order valence-electron chi connectivity index (χ0n) is 7.18. The normalized spacial score (nSPS) is 40.1. The molecule has 0 aromatic heterocycles. The molecule has 0 aromatic carbocycles. The third-order valence-corrected chi connectivity index (χ3v) is 3.06. The lowest BCUT2D eigenvalue weighted by Crippen LogP contribution is -2.56. The second-order valence-electron chi connectivity index (χ2n) is 3.86. The Balaban J connectivity index is 1.83. The van der Waals surface area contributed by atoms with Crippen molar-refractivity contribution in [2.75, 3.05) is 19.8 Å². The number of hydrogen-bond donors (Lipinski definition) is 1. The zero-order chi connectivity index (χ0) is 7.68. The van der Waals surface area contributed by atoms with Gasteiger partial charge in [0.05, 0.1) is 0 Å². The topological polar surface area (TPSA) is 21.3 Å². The second-order valence-corrected chi connectivity index (χ2v) is 3.86. The molecule has 1 N–H and O–H groups in total. The minimum atomic E-state index is 0.805. The Labute approximate surface area is 68.3 Å². The summed E-state index contributed by atoms with van der Waals surface area (Å²) in [7, 11) is 0. The first-order valence-electron chi connectivity index (χ1n) is 4.69. The Bertz CT molecular complexity index is 132. The van der Waals surface area contributed by atoms with E-state index in [1.807, 2.05) is 0 Å². The van der Waals surface area contributed by atoms with E-state index >= 15 is 0 Å². The van der Waals surface area contributed by atoms with Crippen LogP contribution in [-0.2, 0) is 4.74 Å². The van der Waals surface area contributed by atoms with Crippen molar-refractivity contribution in [1.29, 1.82) is 0 Å². The summed E-state index contributed by atoms with van der Waals surface area (Å²) in [5.74, 6) is 1.80. The second kappa shape index (κ2) is 3.11. The predicted octanol–water partition coefficient (Wildman–Crippen LogP) is 1.02. The zero-order valence-corrected chi connectivity index (χ0v) is 7.18. The van der Waals surface area contributed by atoms with Gasteiger partial charge in [0.1, 0.15) is 0 Å². The first kappa shape index (κ1) is 7.56. The summed E-state index contributed by atoms with van der Waals surface area (Å²) in [6.07, 6.45) is 2.53. The lowest BCUT2D eigenvalue weighted by molar-refractivity contribution is 0.0298. The first-order chi connectivity index (χ1) is 5.38. The molecular formula is C9H17NO. The Hall–Kier alpha value is -0.0800.